The Morgan fingerprint density at radius 2 is 1.96 bits per heavy atom. The van der Waals surface area contributed by atoms with Crippen molar-refractivity contribution in [1.82, 2.24) is 24.9 Å². The molecule has 0 atom stereocenters. The zero-order valence-electron chi connectivity index (χ0n) is 15.9. The molecular weight excluding hydrogens is 342 g/mol. The first-order valence-electron chi connectivity index (χ1n) is 9.94. The van der Waals surface area contributed by atoms with Gasteiger partial charge in [-0.25, -0.2) is 9.97 Å². The van der Waals surface area contributed by atoms with Crippen molar-refractivity contribution in [2.24, 2.45) is 0 Å². The van der Waals surface area contributed by atoms with E-state index in [1.165, 1.54) is 6.42 Å². The number of likely N-dealkylation sites (tertiary alicyclic amines) is 2. The molecule has 7 heteroatoms. The number of rotatable bonds is 4. The molecule has 0 aromatic carbocycles. The number of amides is 1. The highest BCUT2D eigenvalue weighted by Crippen LogP contribution is 2.33. The normalized spacial score (nSPS) is 19.4. The molecule has 4 heterocycles. The van der Waals surface area contributed by atoms with E-state index < -0.39 is 0 Å². The molecule has 2 fully saturated rings. The fourth-order valence-corrected chi connectivity index (χ4v) is 4.14. The molecule has 0 unspecified atom stereocenters. The van der Waals surface area contributed by atoms with Crippen LogP contribution < -0.4 is 0 Å². The van der Waals surface area contributed by atoms with Crippen molar-refractivity contribution in [2.45, 2.75) is 44.9 Å². The molecule has 7 nitrogen and oxygen atoms in total. The predicted molar refractivity (Wildman–Crippen MR) is 101 cm³/mol. The summed E-state index contributed by atoms with van der Waals surface area (Å²) < 4.78 is 5.43. The number of piperidine rings is 2. The lowest BCUT2D eigenvalue weighted by molar-refractivity contribution is -0.133. The molecule has 0 saturated carbocycles. The van der Waals surface area contributed by atoms with Gasteiger partial charge in [-0.2, -0.15) is 0 Å². The third-order valence-electron chi connectivity index (χ3n) is 5.68. The molecule has 2 aromatic rings. The maximum atomic E-state index is 12.5. The Balaban J connectivity index is 1.38. The van der Waals surface area contributed by atoms with Crippen LogP contribution in [-0.4, -0.2) is 63.6 Å². The zero-order valence-corrected chi connectivity index (χ0v) is 15.9. The highest BCUT2D eigenvalue weighted by molar-refractivity contribution is 5.78. The van der Waals surface area contributed by atoms with Gasteiger partial charge in [-0.05, 0) is 52.1 Å². The van der Waals surface area contributed by atoms with Gasteiger partial charge in [0.05, 0.1) is 23.5 Å². The van der Waals surface area contributed by atoms with Crippen LogP contribution in [0, 0.1) is 6.92 Å². The summed E-state index contributed by atoms with van der Waals surface area (Å²) in [6, 6.07) is 1.93. The Hall–Kier alpha value is -2.28. The minimum absolute atomic E-state index is 0.285. The first-order valence-corrected chi connectivity index (χ1v) is 9.94. The Morgan fingerprint density at radius 1 is 1.19 bits per heavy atom. The Labute approximate surface area is 159 Å². The maximum Gasteiger partial charge on any atom is 0.236 e. The number of nitrogens with zero attached hydrogens (tertiary/aromatic N) is 5. The van der Waals surface area contributed by atoms with Gasteiger partial charge in [-0.15, -0.1) is 0 Å². The van der Waals surface area contributed by atoms with E-state index in [4.69, 9.17) is 4.52 Å². The molecule has 2 aromatic heterocycles. The van der Waals surface area contributed by atoms with Crippen molar-refractivity contribution in [3.63, 3.8) is 0 Å². The largest absolute Gasteiger partial charge is 0.356 e. The Bertz CT molecular complexity index is 776. The van der Waals surface area contributed by atoms with E-state index in [-0.39, 0.29) is 5.91 Å². The highest BCUT2D eigenvalue weighted by Gasteiger charge is 2.27. The van der Waals surface area contributed by atoms with Crippen molar-refractivity contribution in [3.8, 4) is 11.3 Å². The van der Waals surface area contributed by atoms with Crippen LogP contribution in [-0.2, 0) is 4.79 Å². The summed E-state index contributed by atoms with van der Waals surface area (Å²) >= 11 is 0. The fraction of sp³-hybridized carbons (Fsp3) is 0.600. The van der Waals surface area contributed by atoms with Crippen LogP contribution in [0.5, 0.6) is 0 Å². The summed E-state index contributed by atoms with van der Waals surface area (Å²) in [5.74, 6) is 1.37. The van der Waals surface area contributed by atoms with Gasteiger partial charge in [0.15, 0.2) is 5.76 Å². The van der Waals surface area contributed by atoms with Crippen molar-refractivity contribution >= 4 is 5.91 Å². The topological polar surface area (TPSA) is 75.4 Å². The van der Waals surface area contributed by atoms with Gasteiger partial charge in [0.25, 0.3) is 0 Å². The van der Waals surface area contributed by atoms with E-state index in [1.807, 2.05) is 24.1 Å². The van der Waals surface area contributed by atoms with Gasteiger partial charge in [-0.1, -0.05) is 5.16 Å². The van der Waals surface area contributed by atoms with Gasteiger partial charge >= 0.3 is 0 Å². The molecule has 2 aliphatic rings. The van der Waals surface area contributed by atoms with E-state index in [2.05, 4.69) is 20.0 Å². The zero-order chi connectivity index (χ0) is 18.6. The highest BCUT2D eigenvalue weighted by atomic mass is 16.5. The first-order chi connectivity index (χ1) is 13.2. The molecule has 1 amide bonds. The first kappa shape index (κ1) is 18.1. The van der Waals surface area contributed by atoms with Crippen LogP contribution in [0.4, 0.5) is 0 Å². The third-order valence-corrected chi connectivity index (χ3v) is 5.68. The third kappa shape index (κ3) is 4.18. The molecule has 144 valence electrons. The van der Waals surface area contributed by atoms with Gasteiger partial charge < -0.3 is 9.42 Å². The summed E-state index contributed by atoms with van der Waals surface area (Å²) in [5.41, 5.74) is 2.81. The van der Waals surface area contributed by atoms with Crippen LogP contribution in [0.2, 0.25) is 0 Å². The molecule has 4 rings (SSSR count). The smallest absolute Gasteiger partial charge is 0.236 e. The number of aryl methyl sites for hydroxylation is 1. The van der Waals surface area contributed by atoms with Crippen LogP contribution in [0.1, 0.15) is 49.4 Å². The van der Waals surface area contributed by atoms with Crippen LogP contribution in [0.25, 0.3) is 11.3 Å². The molecule has 2 aliphatic heterocycles. The summed E-state index contributed by atoms with van der Waals surface area (Å²) in [6.45, 7) is 6.15. The van der Waals surface area contributed by atoms with Crippen molar-refractivity contribution < 1.29 is 9.32 Å². The second kappa shape index (κ2) is 8.17. The van der Waals surface area contributed by atoms with E-state index in [9.17, 15) is 4.79 Å². The second-order valence-corrected chi connectivity index (χ2v) is 7.65. The Morgan fingerprint density at radius 3 is 2.67 bits per heavy atom. The molecule has 0 spiro atoms. The minimum Gasteiger partial charge on any atom is -0.356 e. The number of carbonyl (C=O) groups excluding carboxylic acids is 1. The molecule has 0 radical (unpaired) electrons. The molecule has 0 N–H and O–H groups in total. The number of hydrogen-bond acceptors (Lipinski definition) is 6. The van der Waals surface area contributed by atoms with Gasteiger partial charge in [-0.3, -0.25) is 9.69 Å². The van der Waals surface area contributed by atoms with E-state index in [1.54, 1.807) is 6.33 Å². The maximum absolute atomic E-state index is 12.5. The monoisotopic (exact) mass is 369 g/mol. The quantitative estimate of drug-likeness (QED) is 0.825. The van der Waals surface area contributed by atoms with E-state index >= 15 is 0 Å². The summed E-state index contributed by atoms with van der Waals surface area (Å²) in [4.78, 5) is 25.5. The van der Waals surface area contributed by atoms with Gasteiger partial charge in [0.1, 0.15) is 6.33 Å². The summed E-state index contributed by atoms with van der Waals surface area (Å²) in [5, 5.41) is 3.99. The average Bonchev–Trinajstić information content (AvgIpc) is 3.15. The van der Waals surface area contributed by atoms with Crippen molar-refractivity contribution in [2.75, 3.05) is 32.7 Å². The minimum atomic E-state index is 0.285. The number of aromatic nitrogens is 3. The van der Waals surface area contributed by atoms with Crippen molar-refractivity contribution in [1.29, 1.82) is 0 Å². The number of carbonyl (C=O) groups is 1. The molecule has 2 saturated heterocycles. The standard InChI is InChI=1S/C20H27N5O2/c1-15-11-18(27-23-15)17-12-21-14-22-20(17)16-5-9-24(10-6-16)13-19(26)25-7-3-2-4-8-25/h11-12,14,16H,2-10,13H2,1H3. The van der Waals surface area contributed by atoms with Gasteiger partial charge in [0, 0.05) is 31.3 Å². The summed E-state index contributed by atoms with van der Waals surface area (Å²) in [6.07, 6.45) is 8.94. The predicted octanol–water partition coefficient (Wildman–Crippen LogP) is 2.63. The van der Waals surface area contributed by atoms with E-state index in [0.29, 0.717) is 12.5 Å². The Kier molecular flexibility index (Phi) is 5.48. The fourth-order valence-electron chi connectivity index (χ4n) is 4.14. The number of hydrogen-bond donors (Lipinski definition) is 0. The van der Waals surface area contributed by atoms with Gasteiger partial charge in [0.2, 0.25) is 5.91 Å². The molecular formula is C20H27N5O2. The van der Waals surface area contributed by atoms with Crippen LogP contribution >= 0.6 is 0 Å². The van der Waals surface area contributed by atoms with Crippen LogP contribution in [0.3, 0.4) is 0 Å². The lowest BCUT2D eigenvalue weighted by Crippen LogP contribution is -2.44. The SMILES string of the molecule is Cc1cc(-c2cncnc2C2CCN(CC(=O)N3CCCCC3)CC2)on1. The summed E-state index contributed by atoms with van der Waals surface area (Å²) in [7, 11) is 0. The van der Waals surface area contributed by atoms with Crippen molar-refractivity contribution in [3.05, 3.63) is 30.0 Å². The molecule has 27 heavy (non-hydrogen) atoms. The molecule has 0 aliphatic carbocycles. The molecule has 0 bridgehead atoms. The lowest BCUT2D eigenvalue weighted by atomic mass is 9.90. The average molecular weight is 369 g/mol. The van der Waals surface area contributed by atoms with E-state index in [0.717, 1.165) is 74.6 Å². The lowest BCUT2D eigenvalue weighted by Gasteiger charge is -2.34. The van der Waals surface area contributed by atoms with Crippen LogP contribution in [0.15, 0.2) is 23.1 Å². The second-order valence-electron chi connectivity index (χ2n) is 7.65.